The molecule has 0 amide bonds. The van der Waals surface area contributed by atoms with E-state index in [4.69, 9.17) is 0 Å². The quantitative estimate of drug-likeness (QED) is 0.828. The Morgan fingerprint density at radius 1 is 1.13 bits per heavy atom. The zero-order chi connectivity index (χ0) is 16.3. The van der Waals surface area contributed by atoms with Gasteiger partial charge in [-0.2, -0.15) is 17.0 Å². The molecule has 0 spiro atoms. The van der Waals surface area contributed by atoms with E-state index >= 15 is 0 Å². The normalized spacial score (nSPS) is 22.4. The summed E-state index contributed by atoms with van der Waals surface area (Å²) in [5.41, 5.74) is 0. The molecule has 8 heteroatoms. The van der Waals surface area contributed by atoms with Gasteiger partial charge in [0.15, 0.2) is 5.13 Å². The van der Waals surface area contributed by atoms with E-state index in [0.29, 0.717) is 19.6 Å². The molecule has 3 rings (SSSR count). The summed E-state index contributed by atoms with van der Waals surface area (Å²) in [6.45, 7) is 2.72. The minimum Gasteiger partial charge on any atom is -0.347 e. The van der Waals surface area contributed by atoms with Crippen LogP contribution < -0.4 is 4.90 Å². The molecule has 0 bridgehead atoms. The van der Waals surface area contributed by atoms with E-state index in [0.717, 1.165) is 43.8 Å². The van der Waals surface area contributed by atoms with Crippen LogP contribution in [0.1, 0.15) is 38.5 Å². The molecule has 2 heterocycles. The number of hydrogen-bond donors (Lipinski definition) is 0. The highest BCUT2D eigenvalue weighted by Crippen LogP contribution is 2.26. The second-order valence-corrected chi connectivity index (χ2v) is 9.23. The van der Waals surface area contributed by atoms with Crippen LogP contribution in [0.5, 0.6) is 0 Å². The molecule has 0 atom stereocenters. The van der Waals surface area contributed by atoms with Crippen molar-refractivity contribution in [1.82, 2.24) is 13.6 Å². The van der Waals surface area contributed by atoms with Crippen molar-refractivity contribution in [2.24, 2.45) is 0 Å². The summed E-state index contributed by atoms with van der Waals surface area (Å²) >= 11 is 1.61. The molecular formula is C15H26N4O2S2. The highest BCUT2D eigenvalue weighted by Gasteiger charge is 2.33. The lowest BCUT2D eigenvalue weighted by Gasteiger charge is -2.34. The standard InChI is InChI=1S/C15H26N4O2S2/c1-17(14-6-3-2-4-7-14)23(20,21)19-10-5-9-18(11-12-19)15-16-8-13-22-15/h8,13-14H,2-7,9-12H2,1H3. The van der Waals surface area contributed by atoms with E-state index in [9.17, 15) is 8.42 Å². The molecule has 1 aliphatic heterocycles. The molecule has 1 aliphatic carbocycles. The fraction of sp³-hybridized carbons (Fsp3) is 0.800. The van der Waals surface area contributed by atoms with Crippen molar-refractivity contribution < 1.29 is 8.42 Å². The summed E-state index contributed by atoms with van der Waals surface area (Å²) in [6.07, 6.45) is 8.15. The summed E-state index contributed by atoms with van der Waals surface area (Å²) in [5, 5.41) is 2.95. The topological polar surface area (TPSA) is 56.8 Å². The first-order chi connectivity index (χ1) is 11.1. The van der Waals surface area contributed by atoms with Crippen LogP contribution in [0.25, 0.3) is 0 Å². The Labute approximate surface area is 143 Å². The molecule has 1 aromatic heterocycles. The molecule has 23 heavy (non-hydrogen) atoms. The molecule has 2 fully saturated rings. The fourth-order valence-electron chi connectivity index (χ4n) is 3.50. The van der Waals surface area contributed by atoms with Gasteiger partial charge >= 0.3 is 0 Å². The molecule has 6 nitrogen and oxygen atoms in total. The summed E-state index contributed by atoms with van der Waals surface area (Å²) < 4.78 is 29.2. The Morgan fingerprint density at radius 2 is 1.91 bits per heavy atom. The van der Waals surface area contributed by atoms with E-state index in [1.54, 1.807) is 33.2 Å². The third-order valence-electron chi connectivity index (χ3n) is 4.92. The molecule has 0 radical (unpaired) electrons. The molecular weight excluding hydrogens is 332 g/mol. The molecule has 1 saturated heterocycles. The Bertz CT molecular complexity index is 585. The summed E-state index contributed by atoms with van der Waals surface area (Å²) in [5.74, 6) is 0. The third kappa shape index (κ3) is 3.87. The van der Waals surface area contributed by atoms with E-state index in [1.165, 1.54) is 6.42 Å². The average molecular weight is 359 g/mol. The second-order valence-electron chi connectivity index (χ2n) is 6.37. The molecule has 130 valence electrons. The highest BCUT2D eigenvalue weighted by atomic mass is 32.2. The van der Waals surface area contributed by atoms with Gasteiger partial charge < -0.3 is 4.90 Å². The zero-order valence-corrected chi connectivity index (χ0v) is 15.4. The van der Waals surface area contributed by atoms with Crippen LogP contribution in [-0.2, 0) is 10.2 Å². The van der Waals surface area contributed by atoms with Gasteiger partial charge in [0.25, 0.3) is 10.2 Å². The minimum absolute atomic E-state index is 0.173. The van der Waals surface area contributed by atoms with Crippen LogP contribution >= 0.6 is 11.3 Å². The predicted molar refractivity (Wildman–Crippen MR) is 94.1 cm³/mol. The number of thiazole rings is 1. The van der Waals surface area contributed by atoms with Gasteiger partial charge in [0, 0.05) is 50.8 Å². The second kappa shape index (κ2) is 7.46. The lowest BCUT2D eigenvalue weighted by atomic mass is 9.96. The highest BCUT2D eigenvalue weighted by molar-refractivity contribution is 7.86. The van der Waals surface area contributed by atoms with E-state index in [1.807, 2.05) is 5.38 Å². The maximum absolute atomic E-state index is 13.0. The van der Waals surface area contributed by atoms with Crippen molar-refractivity contribution in [3.8, 4) is 0 Å². The van der Waals surface area contributed by atoms with Gasteiger partial charge in [0.1, 0.15) is 0 Å². The van der Waals surface area contributed by atoms with E-state index in [2.05, 4.69) is 9.88 Å². The van der Waals surface area contributed by atoms with Crippen LogP contribution in [0.3, 0.4) is 0 Å². The van der Waals surface area contributed by atoms with Gasteiger partial charge in [-0.05, 0) is 19.3 Å². The van der Waals surface area contributed by atoms with Crippen molar-refractivity contribution in [2.75, 3.05) is 38.1 Å². The van der Waals surface area contributed by atoms with Gasteiger partial charge in [-0.3, -0.25) is 0 Å². The summed E-state index contributed by atoms with van der Waals surface area (Å²) in [6, 6.07) is 0.173. The van der Waals surface area contributed by atoms with Gasteiger partial charge in [-0.1, -0.05) is 19.3 Å². The summed E-state index contributed by atoms with van der Waals surface area (Å²) in [4.78, 5) is 6.54. The Balaban J connectivity index is 1.65. The molecule has 0 N–H and O–H groups in total. The monoisotopic (exact) mass is 358 g/mol. The van der Waals surface area contributed by atoms with Crippen molar-refractivity contribution in [3.63, 3.8) is 0 Å². The number of anilines is 1. The lowest BCUT2D eigenvalue weighted by Crippen LogP contribution is -2.48. The Kier molecular flexibility index (Phi) is 5.56. The smallest absolute Gasteiger partial charge is 0.282 e. The zero-order valence-electron chi connectivity index (χ0n) is 13.7. The molecule has 0 unspecified atom stereocenters. The van der Waals surface area contributed by atoms with Crippen molar-refractivity contribution in [1.29, 1.82) is 0 Å². The summed E-state index contributed by atoms with van der Waals surface area (Å²) in [7, 11) is -1.60. The van der Waals surface area contributed by atoms with Crippen molar-refractivity contribution in [3.05, 3.63) is 11.6 Å². The SMILES string of the molecule is CN(C1CCCCC1)S(=O)(=O)N1CCCN(c2nccs2)CC1. The molecule has 0 aromatic carbocycles. The first kappa shape index (κ1) is 17.1. The van der Waals surface area contributed by atoms with Crippen LogP contribution in [0.2, 0.25) is 0 Å². The Morgan fingerprint density at radius 3 is 2.61 bits per heavy atom. The third-order valence-corrected chi connectivity index (χ3v) is 7.80. The maximum atomic E-state index is 13.0. The van der Waals surface area contributed by atoms with Crippen LogP contribution in [0.4, 0.5) is 5.13 Å². The van der Waals surface area contributed by atoms with Crippen molar-refractivity contribution in [2.45, 2.75) is 44.6 Å². The van der Waals surface area contributed by atoms with Crippen LogP contribution in [-0.4, -0.2) is 61.3 Å². The first-order valence-electron chi connectivity index (χ1n) is 8.46. The largest absolute Gasteiger partial charge is 0.347 e. The molecule has 2 aliphatic rings. The predicted octanol–water partition coefficient (Wildman–Crippen LogP) is 2.16. The number of rotatable bonds is 4. The van der Waals surface area contributed by atoms with E-state index < -0.39 is 10.2 Å². The van der Waals surface area contributed by atoms with Gasteiger partial charge in [-0.25, -0.2) is 4.98 Å². The molecule has 1 saturated carbocycles. The number of aromatic nitrogens is 1. The lowest BCUT2D eigenvalue weighted by molar-refractivity contribution is 0.264. The van der Waals surface area contributed by atoms with Gasteiger partial charge in [-0.15, -0.1) is 11.3 Å². The van der Waals surface area contributed by atoms with Gasteiger partial charge in [0.2, 0.25) is 0 Å². The van der Waals surface area contributed by atoms with Crippen LogP contribution in [0, 0.1) is 0 Å². The Hall–Kier alpha value is -0.700. The van der Waals surface area contributed by atoms with Crippen LogP contribution in [0.15, 0.2) is 11.6 Å². The number of hydrogen-bond acceptors (Lipinski definition) is 5. The average Bonchev–Trinajstić information content (AvgIpc) is 2.99. The fourth-order valence-corrected chi connectivity index (χ4v) is 5.82. The van der Waals surface area contributed by atoms with E-state index in [-0.39, 0.29) is 6.04 Å². The van der Waals surface area contributed by atoms with Crippen molar-refractivity contribution >= 4 is 26.7 Å². The van der Waals surface area contributed by atoms with Gasteiger partial charge in [0.05, 0.1) is 0 Å². The number of nitrogens with zero attached hydrogens (tertiary/aromatic N) is 4. The first-order valence-corrected chi connectivity index (χ1v) is 10.7. The minimum atomic E-state index is -3.35. The maximum Gasteiger partial charge on any atom is 0.282 e. The molecule has 1 aromatic rings.